The summed E-state index contributed by atoms with van der Waals surface area (Å²) in [5.74, 6) is -0.408. The number of halogens is 1. The lowest BCUT2D eigenvalue weighted by atomic mass is 9.83. The summed E-state index contributed by atoms with van der Waals surface area (Å²) in [6, 6.07) is 16.1. The van der Waals surface area contributed by atoms with E-state index in [0.29, 0.717) is 6.54 Å². The van der Waals surface area contributed by atoms with Gasteiger partial charge in [-0.15, -0.1) is 12.8 Å². The third-order valence-electron chi connectivity index (χ3n) is 5.67. The number of hydrogen-bond donors (Lipinski definition) is 1. The van der Waals surface area contributed by atoms with Gasteiger partial charge in [0.1, 0.15) is 5.82 Å². The standard InChI is InChI=1S/C25H23FN2O2.C2H2/c1-17-11-20(18-6-4-7-21(26)12-18)13-27-24(17)10-9-23-22-8-3-2-5-19(22)14-28(16-30)25(23)15-29;1-2/h2-13,16,23,25,29H,14-15H2,1H3;1-2H/b10-9+;. The summed E-state index contributed by atoms with van der Waals surface area (Å²) in [6.45, 7) is 2.34. The number of terminal acetylenes is 1. The molecule has 0 fully saturated rings. The van der Waals surface area contributed by atoms with Crippen LogP contribution in [-0.2, 0) is 11.3 Å². The normalized spacial score (nSPS) is 17.3. The summed E-state index contributed by atoms with van der Waals surface area (Å²) in [5.41, 5.74) is 5.59. The highest BCUT2D eigenvalue weighted by Gasteiger charge is 2.32. The predicted octanol–water partition coefficient (Wildman–Crippen LogP) is 4.58. The van der Waals surface area contributed by atoms with Crippen molar-refractivity contribution in [3.8, 4) is 24.0 Å². The Labute approximate surface area is 188 Å². The van der Waals surface area contributed by atoms with E-state index in [1.807, 2.05) is 55.5 Å². The number of fused-ring (bicyclic) bond motifs is 1. The molecule has 162 valence electrons. The molecule has 0 spiro atoms. The highest BCUT2D eigenvalue weighted by atomic mass is 19.1. The van der Waals surface area contributed by atoms with E-state index in [0.717, 1.165) is 39.9 Å². The Bertz CT molecular complexity index is 1140. The lowest BCUT2D eigenvalue weighted by Gasteiger charge is -2.38. The number of aliphatic hydroxyl groups excluding tert-OH is 1. The average Bonchev–Trinajstić information content (AvgIpc) is 2.83. The molecule has 2 unspecified atom stereocenters. The van der Waals surface area contributed by atoms with Crippen molar-refractivity contribution in [2.24, 2.45) is 0 Å². The van der Waals surface area contributed by atoms with E-state index in [4.69, 9.17) is 0 Å². The van der Waals surface area contributed by atoms with Crippen LogP contribution in [0.15, 0.2) is 66.9 Å². The lowest BCUT2D eigenvalue weighted by Crippen LogP contribution is -2.44. The molecule has 1 aliphatic rings. The Morgan fingerprint density at radius 1 is 1.16 bits per heavy atom. The van der Waals surface area contributed by atoms with Gasteiger partial charge in [-0.1, -0.05) is 42.5 Å². The maximum atomic E-state index is 13.5. The van der Waals surface area contributed by atoms with Gasteiger partial charge in [-0.25, -0.2) is 4.39 Å². The molecule has 2 atom stereocenters. The second kappa shape index (κ2) is 10.5. The van der Waals surface area contributed by atoms with Gasteiger partial charge in [-0.05, 0) is 53.5 Å². The fourth-order valence-electron chi connectivity index (χ4n) is 4.08. The van der Waals surface area contributed by atoms with Gasteiger partial charge in [-0.3, -0.25) is 9.78 Å². The Hall–Kier alpha value is -3.75. The van der Waals surface area contributed by atoms with E-state index in [2.05, 4.69) is 17.8 Å². The van der Waals surface area contributed by atoms with E-state index in [1.54, 1.807) is 17.2 Å². The number of aliphatic hydroxyl groups is 1. The van der Waals surface area contributed by atoms with Gasteiger partial charge in [-0.2, -0.15) is 0 Å². The Morgan fingerprint density at radius 2 is 1.94 bits per heavy atom. The topological polar surface area (TPSA) is 53.4 Å². The lowest BCUT2D eigenvalue weighted by molar-refractivity contribution is -0.122. The van der Waals surface area contributed by atoms with Crippen molar-refractivity contribution < 1.29 is 14.3 Å². The fourth-order valence-corrected chi connectivity index (χ4v) is 4.08. The first-order valence-electron chi connectivity index (χ1n) is 10.2. The SMILES string of the molecule is C#C.Cc1cc(-c2cccc(F)c2)cnc1/C=C/C1c2ccccc2CN(C=O)C1CO. The van der Waals surface area contributed by atoms with Crippen LogP contribution in [0.2, 0.25) is 0 Å². The molecule has 32 heavy (non-hydrogen) atoms. The minimum atomic E-state index is -0.319. The van der Waals surface area contributed by atoms with Crippen molar-refractivity contribution in [3.05, 3.63) is 95.1 Å². The van der Waals surface area contributed by atoms with E-state index in [9.17, 15) is 14.3 Å². The number of nitrogens with zero attached hydrogens (tertiary/aromatic N) is 2. The molecule has 2 aromatic carbocycles. The molecule has 0 saturated carbocycles. The molecule has 1 N–H and O–H groups in total. The number of hydrogen-bond acceptors (Lipinski definition) is 3. The molecule has 3 aromatic rings. The maximum absolute atomic E-state index is 13.5. The van der Waals surface area contributed by atoms with Crippen molar-refractivity contribution in [1.29, 1.82) is 0 Å². The van der Waals surface area contributed by atoms with Crippen LogP contribution in [0.4, 0.5) is 4.39 Å². The van der Waals surface area contributed by atoms with Crippen LogP contribution in [0.3, 0.4) is 0 Å². The summed E-state index contributed by atoms with van der Waals surface area (Å²) in [7, 11) is 0. The summed E-state index contributed by atoms with van der Waals surface area (Å²) in [4.78, 5) is 17.8. The molecule has 0 saturated heterocycles. The molecule has 4 nitrogen and oxygen atoms in total. The summed E-state index contributed by atoms with van der Waals surface area (Å²) in [5, 5.41) is 9.94. The number of carbonyl (C=O) groups excluding carboxylic acids is 1. The van der Waals surface area contributed by atoms with E-state index in [1.165, 1.54) is 12.1 Å². The first-order chi connectivity index (χ1) is 15.6. The van der Waals surface area contributed by atoms with Crippen LogP contribution in [0, 0.1) is 25.6 Å². The predicted molar refractivity (Wildman–Crippen MR) is 125 cm³/mol. The number of rotatable bonds is 5. The van der Waals surface area contributed by atoms with Crippen molar-refractivity contribution >= 4 is 12.5 Å². The summed E-state index contributed by atoms with van der Waals surface area (Å²) in [6.07, 6.45) is 14.5. The van der Waals surface area contributed by atoms with Crippen LogP contribution < -0.4 is 0 Å². The molecule has 5 heteroatoms. The summed E-state index contributed by atoms with van der Waals surface area (Å²) >= 11 is 0. The zero-order valence-corrected chi connectivity index (χ0v) is 17.9. The minimum absolute atomic E-state index is 0.118. The molecular weight excluding hydrogens is 403 g/mol. The van der Waals surface area contributed by atoms with Crippen LogP contribution in [0.1, 0.15) is 28.3 Å². The van der Waals surface area contributed by atoms with Crippen LogP contribution in [-0.4, -0.2) is 34.0 Å². The molecule has 0 aliphatic carbocycles. The zero-order valence-electron chi connectivity index (χ0n) is 17.9. The van der Waals surface area contributed by atoms with Crippen LogP contribution >= 0.6 is 0 Å². The Balaban J connectivity index is 0.00000141. The third-order valence-corrected chi connectivity index (χ3v) is 5.67. The monoisotopic (exact) mass is 428 g/mol. The number of pyridine rings is 1. The summed E-state index contributed by atoms with van der Waals surface area (Å²) < 4.78 is 13.5. The zero-order chi connectivity index (χ0) is 23.1. The van der Waals surface area contributed by atoms with E-state index < -0.39 is 0 Å². The largest absolute Gasteiger partial charge is 0.394 e. The van der Waals surface area contributed by atoms with Gasteiger partial charge in [0.05, 0.1) is 18.3 Å². The maximum Gasteiger partial charge on any atom is 0.210 e. The van der Waals surface area contributed by atoms with Gasteiger partial charge in [0.15, 0.2) is 0 Å². The molecule has 0 bridgehead atoms. The highest BCUT2D eigenvalue weighted by Crippen LogP contribution is 2.34. The molecule has 1 amide bonds. The Kier molecular flexibility index (Phi) is 7.54. The van der Waals surface area contributed by atoms with E-state index >= 15 is 0 Å². The van der Waals surface area contributed by atoms with Gasteiger partial charge in [0.25, 0.3) is 0 Å². The smallest absolute Gasteiger partial charge is 0.210 e. The van der Waals surface area contributed by atoms with E-state index in [-0.39, 0.29) is 24.4 Å². The minimum Gasteiger partial charge on any atom is -0.394 e. The van der Waals surface area contributed by atoms with Crippen molar-refractivity contribution in [1.82, 2.24) is 9.88 Å². The van der Waals surface area contributed by atoms with Gasteiger partial charge >= 0.3 is 0 Å². The Morgan fingerprint density at radius 3 is 2.62 bits per heavy atom. The first-order valence-corrected chi connectivity index (χ1v) is 10.2. The molecular formula is C27H25FN2O2. The number of aromatic nitrogens is 1. The van der Waals surface area contributed by atoms with Gasteiger partial charge in [0.2, 0.25) is 6.41 Å². The van der Waals surface area contributed by atoms with Crippen molar-refractivity contribution in [2.75, 3.05) is 6.61 Å². The third kappa shape index (κ3) is 4.77. The molecule has 0 radical (unpaired) electrons. The quantitative estimate of drug-likeness (QED) is 0.478. The molecule has 1 aromatic heterocycles. The number of aryl methyl sites for hydroxylation is 1. The van der Waals surface area contributed by atoms with Gasteiger partial charge < -0.3 is 10.0 Å². The van der Waals surface area contributed by atoms with Crippen LogP contribution in [0.5, 0.6) is 0 Å². The molecule has 2 heterocycles. The molecule has 4 rings (SSSR count). The molecule has 1 aliphatic heterocycles. The number of benzene rings is 2. The highest BCUT2D eigenvalue weighted by molar-refractivity contribution is 5.65. The number of carbonyl (C=O) groups is 1. The first kappa shape index (κ1) is 22.9. The van der Waals surface area contributed by atoms with Crippen molar-refractivity contribution in [3.63, 3.8) is 0 Å². The second-order valence-electron chi connectivity index (χ2n) is 7.55. The average molecular weight is 429 g/mol. The van der Waals surface area contributed by atoms with Crippen molar-refractivity contribution in [2.45, 2.75) is 25.4 Å². The second-order valence-corrected chi connectivity index (χ2v) is 7.55. The number of amides is 1. The van der Waals surface area contributed by atoms with Crippen LogP contribution in [0.25, 0.3) is 17.2 Å². The fraction of sp³-hybridized carbons (Fsp3) is 0.185. The van der Waals surface area contributed by atoms with Gasteiger partial charge in [0, 0.05) is 24.2 Å².